The summed E-state index contributed by atoms with van der Waals surface area (Å²) in [4.78, 5) is 23.2. The Hall–Kier alpha value is -2.68. The molecule has 162 valence electrons. The van der Waals surface area contributed by atoms with Gasteiger partial charge in [0.2, 0.25) is 5.91 Å². The van der Waals surface area contributed by atoms with Gasteiger partial charge in [-0.1, -0.05) is 36.4 Å². The molecule has 0 saturated heterocycles. The number of rotatable bonds is 6. The summed E-state index contributed by atoms with van der Waals surface area (Å²) in [6.07, 6.45) is 4.06. The van der Waals surface area contributed by atoms with Gasteiger partial charge in [0.1, 0.15) is 0 Å². The maximum Gasteiger partial charge on any atom is 0.227 e. The minimum atomic E-state index is 0. The Kier molecular flexibility index (Phi) is 8.22. The number of para-hydroxylation sites is 2. The van der Waals surface area contributed by atoms with E-state index in [-0.39, 0.29) is 29.9 Å². The number of guanidine groups is 1. The molecule has 1 aliphatic rings. The van der Waals surface area contributed by atoms with E-state index in [1.54, 1.807) is 7.05 Å². The number of aliphatic imine (C=N–C) groups is 1. The molecule has 0 bridgehead atoms. The van der Waals surface area contributed by atoms with Crippen LogP contribution in [0.4, 0.5) is 5.69 Å². The van der Waals surface area contributed by atoms with E-state index < -0.39 is 0 Å². The van der Waals surface area contributed by atoms with Crippen LogP contribution in [0.3, 0.4) is 0 Å². The number of aromatic nitrogens is 1. The average Bonchev–Trinajstić information content (AvgIpc) is 3.23. The normalized spacial score (nSPS) is 12.9. The number of amides is 1. The topological polar surface area (TPSA) is 69.6 Å². The summed E-state index contributed by atoms with van der Waals surface area (Å²) in [5.74, 6) is 0.919. The van der Waals surface area contributed by atoms with Crippen molar-refractivity contribution in [2.45, 2.75) is 25.8 Å². The van der Waals surface area contributed by atoms with Crippen LogP contribution < -0.4 is 15.5 Å². The Bertz CT molecular complexity index is 1060. The number of carbonyl (C=O) groups excluding carboxylic acids is 1. The number of hydrogen-bond acceptors (Lipinski definition) is 3. The monoisotopic (exact) mass is 529 g/mol. The average molecular weight is 529 g/mol. The van der Waals surface area contributed by atoms with E-state index in [1.807, 2.05) is 53.6 Å². The molecule has 4 rings (SSSR count). The number of nitrogens with zero attached hydrogens (tertiary/aromatic N) is 3. The summed E-state index contributed by atoms with van der Waals surface area (Å²) < 4.78 is 0. The van der Waals surface area contributed by atoms with Crippen LogP contribution in [0.15, 0.2) is 65.8 Å². The first-order valence-corrected chi connectivity index (χ1v) is 10.4. The standard InChI is InChI=1S/C24H27N5O.HI/c1-25-24(28-17-19-12-15-26-21-9-4-3-8-20(19)21)27-14-6-11-23(30)29-16-13-18-7-2-5-10-22(18)29;/h2-5,7-10,12,15H,6,11,13-14,16-17H2,1H3,(H2,25,27,28);1H. The SMILES string of the molecule is CN=C(NCCCC(=O)N1CCc2ccccc21)NCc1ccnc2ccccc12.I. The van der Waals surface area contributed by atoms with Crippen LogP contribution in [0, 0.1) is 0 Å². The summed E-state index contributed by atoms with van der Waals surface area (Å²) in [5.41, 5.74) is 4.49. The predicted molar refractivity (Wildman–Crippen MR) is 137 cm³/mol. The largest absolute Gasteiger partial charge is 0.356 e. The Balaban J connectivity index is 0.00000272. The number of carbonyl (C=O) groups is 1. The van der Waals surface area contributed by atoms with Crippen LogP contribution in [0.5, 0.6) is 0 Å². The van der Waals surface area contributed by atoms with Gasteiger partial charge >= 0.3 is 0 Å². The van der Waals surface area contributed by atoms with Gasteiger partial charge in [0.25, 0.3) is 0 Å². The molecule has 1 aliphatic heterocycles. The van der Waals surface area contributed by atoms with Crippen LogP contribution in [0.2, 0.25) is 0 Å². The van der Waals surface area contributed by atoms with Crippen molar-refractivity contribution in [2.24, 2.45) is 4.99 Å². The molecular formula is C24H28IN5O. The molecule has 0 radical (unpaired) electrons. The second kappa shape index (κ2) is 11.1. The van der Waals surface area contributed by atoms with Crippen molar-refractivity contribution in [1.29, 1.82) is 0 Å². The summed E-state index contributed by atoms with van der Waals surface area (Å²) in [6.45, 7) is 2.14. The van der Waals surface area contributed by atoms with Gasteiger partial charge in [-0.25, -0.2) is 0 Å². The quantitative estimate of drug-likeness (QED) is 0.220. The lowest BCUT2D eigenvalue weighted by Gasteiger charge is -2.17. The Labute approximate surface area is 200 Å². The number of halogens is 1. The van der Waals surface area contributed by atoms with Crippen LogP contribution in [-0.4, -0.2) is 37.0 Å². The molecule has 0 unspecified atom stereocenters. The molecule has 3 aromatic rings. The number of benzene rings is 2. The molecule has 0 spiro atoms. The van der Waals surface area contributed by atoms with Crippen molar-refractivity contribution in [3.8, 4) is 0 Å². The third-order valence-electron chi connectivity index (χ3n) is 5.46. The fourth-order valence-corrected chi connectivity index (χ4v) is 3.89. The van der Waals surface area contributed by atoms with Gasteiger partial charge in [-0.15, -0.1) is 24.0 Å². The molecule has 2 heterocycles. The van der Waals surface area contributed by atoms with E-state index >= 15 is 0 Å². The molecule has 1 aromatic heterocycles. The molecule has 0 saturated carbocycles. The second-order valence-corrected chi connectivity index (χ2v) is 7.37. The van der Waals surface area contributed by atoms with Crippen LogP contribution in [0.25, 0.3) is 10.9 Å². The van der Waals surface area contributed by atoms with Crippen molar-refractivity contribution in [3.63, 3.8) is 0 Å². The van der Waals surface area contributed by atoms with E-state index in [1.165, 1.54) is 11.1 Å². The lowest BCUT2D eigenvalue weighted by atomic mass is 10.1. The van der Waals surface area contributed by atoms with E-state index in [0.29, 0.717) is 19.5 Å². The maximum atomic E-state index is 12.6. The van der Waals surface area contributed by atoms with Gasteiger partial charge in [0.15, 0.2) is 5.96 Å². The predicted octanol–water partition coefficient (Wildman–Crippen LogP) is 3.89. The van der Waals surface area contributed by atoms with Gasteiger partial charge in [-0.3, -0.25) is 14.8 Å². The summed E-state index contributed by atoms with van der Waals surface area (Å²) in [5, 5.41) is 7.79. The first-order chi connectivity index (χ1) is 14.8. The second-order valence-electron chi connectivity index (χ2n) is 7.37. The highest BCUT2D eigenvalue weighted by Crippen LogP contribution is 2.28. The van der Waals surface area contributed by atoms with Gasteiger partial charge in [0.05, 0.1) is 5.52 Å². The number of anilines is 1. The van der Waals surface area contributed by atoms with Crippen LogP contribution in [0.1, 0.15) is 24.0 Å². The Morgan fingerprint density at radius 1 is 1.10 bits per heavy atom. The number of hydrogen-bond donors (Lipinski definition) is 2. The number of pyridine rings is 1. The van der Waals surface area contributed by atoms with E-state index in [4.69, 9.17) is 0 Å². The first-order valence-electron chi connectivity index (χ1n) is 10.4. The summed E-state index contributed by atoms with van der Waals surface area (Å²) in [6, 6.07) is 18.3. The maximum absolute atomic E-state index is 12.6. The lowest BCUT2D eigenvalue weighted by molar-refractivity contribution is -0.118. The third kappa shape index (κ3) is 5.52. The lowest BCUT2D eigenvalue weighted by Crippen LogP contribution is -2.38. The van der Waals surface area contributed by atoms with E-state index in [9.17, 15) is 4.79 Å². The van der Waals surface area contributed by atoms with Crippen LogP contribution in [-0.2, 0) is 17.8 Å². The van der Waals surface area contributed by atoms with Crippen molar-refractivity contribution in [2.75, 3.05) is 25.0 Å². The van der Waals surface area contributed by atoms with Crippen molar-refractivity contribution in [3.05, 3.63) is 71.9 Å². The number of nitrogens with one attached hydrogen (secondary N) is 2. The van der Waals surface area contributed by atoms with E-state index in [2.05, 4.69) is 32.7 Å². The molecule has 1 amide bonds. The Morgan fingerprint density at radius 3 is 2.77 bits per heavy atom. The zero-order chi connectivity index (χ0) is 20.8. The zero-order valence-corrected chi connectivity index (χ0v) is 20.0. The fraction of sp³-hybridized carbons (Fsp3) is 0.292. The highest BCUT2D eigenvalue weighted by Gasteiger charge is 2.23. The molecule has 2 aromatic carbocycles. The highest BCUT2D eigenvalue weighted by atomic mass is 127. The molecule has 7 heteroatoms. The first kappa shape index (κ1) is 23.0. The van der Waals surface area contributed by atoms with Gasteiger partial charge < -0.3 is 15.5 Å². The summed E-state index contributed by atoms with van der Waals surface area (Å²) in [7, 11) is 1.76. The number of fused-ring (bicyclic) bond motifs is 2. The minimum absolute atomic E-state index is 0. The molecule has 0 aliphatic carbocycles. The fourth-order valence-electron chi connectivity index (χ4n) is 3.89. The highest BCUT2D eigenvalue weighted by molar-refractivity contribution is 14.0. The molecular weight excluding hydrogens is 501 g/mol. The van der Waals surface area contributed by atoms with Crippen molar-refractivity contribution >= 4 is 52.4 Å². The molecule has 31 heavy (non-hydrogen) atoms. The van der Waals surface area contributed by atoms with E-state index in [0.717, 1.165) is 41.9 Å². The molecule has 0 fully saturated rings. The van der Waals surface area contributed by atoms with Crippen LogP contribution >= 0.6 is 24.0 Å². The smallest absolute Gasteiger partial charge is 0.227 e. The minimum Gasteiger partial charge on any atom is -0.356 e. The third-order valence-corrected chi connectivity index (χ3v) is 5.46. The van der Waals surface area contributed by atoms with Crippen molar-refractivity contribution < 1.29 is 4.79 Å². The molecule has 6 nitrogen and oxygen atoms in total. The summed E-state index contributed by atoms with van der Waals surface area (Å²) >= 11 is 0. The van der Waals surface area contributed by atoms with Gasteiger partial charge in [-0.2, -0.15) is 0 Å². The van der Waals surface area contributed by atoms with Crippen molar-refractivity contribution in [1.82, 2.24) is 15.6 Å². The van der Waals surface area contributed by atoms with Gasteiger partial charge in [-0.05, 0) is 42.2 Å². The molecule has 0 atom stereocenters. The molecule has 2 N–H and O–H groups in total. The Morgan fingerprint density at radius 2 is 1.90 bits per heavy atom. The zero-order valence-electron chi connectivity index (χ0n) is 17.7. The van der Waals surface area contributed by atoms with Gasteiger partial charge in [0, 0.05) is 50.4 Å².